The van der Waals surface area contributed by atoms with Crippen LogP contribution in [0.25, 0.3) is 10.9 Å². The van der Waals surface area contributed by atoms with Crippen LogP contribution < -0.4 is 20.1 Å². The van der Waals surface area contributed by atoms with E-state index in [2.05, 4.69) is 20.6 Å². The second-order valence-electron chi connectivity index (χ2n) is 8.12. The second kappa shape index (κ2) is 9.52. The molecule has 4 heterocycles. The molecule has 2 aliphatic heterocycles. The number of hydrogen-bond donors (Lipinski definition) is 2. The van der Waals surface area contributed by atoms with E-state index >= 15 is 0 Å². The molecule has 176 valence electrons. The van der Waals surface area contributed by atoms with Crippen LogP contribution in [0.5, 0.6) is 11.5 Å². The lowest BCUT2D eigenvalue weighted by Crippen LogP contribution is -2.28. The van der Waals surface area contributed by atoms with Gasteiger partial charge in [-0.1, -0.05) is 0 Å². The van der Waals surface area contributed by atoms with Gasteiger partial charge >= 0.3 is 6.09 Å². The van der Waals surface area contributed by atoms with Crippen molar-refractivity contribution in [2.24, 2.45) is 0 Å². The number of hydrogen-bond acceptors (Lipinski definition) is 8. The Kier molecular flexibility index (Phi) is 6.13. The Balaban J connectivity index is 1.13. The summed E-state index contributed by atoms with van der Waals surface area (Å²) in [4.78, 5) is 34.4. The molecule has 0 spiro atoms. The van der Waals surface area contributed by atoms with E-state index in [4.69, 9.17) is 14.2 Å². The largest absolute Gasteiger partial charge is 0.497 e. The molecule has 0 radical (unpaired) electrons. The van der Waals surface area contributed by atoms with E-state index in [1.807, 2.05) is 30.3 Å². The van der Waals surface area contributed by atoms with Gasteiger partial charge in [-0.3, -0.25) is 9.78 Å². The van der Waals surface area contributed by atoms with E-state index in [1.54, 1.807) is 24.3 Å². The first-order valence-electron chi connectivity index (χ1n) is 11.1. The first-order valence-corrected chi connectivity index (χ1v) is 11.1. The molecule has 1 atom stereocenters. The average molecular weight is 463 g/mol. The van der Waals surface area contributed by atoms with Gasteiger partial charge < -0.3 is 29.7 Å². The Morgan fingerprint density at radius 2 is 2.15 bits per heavy atom. The third-order valence-corrected chi connectivity index (χ3v) is 5.84. The van der Waals surface area contributed by atoms with Crippen molar-refractivity contribution in [1.29, 1.82) is 0 Å². The zero-order valence-corrected chi connectivity index (χ0v) is 18.7. The van der Waals surface area contributed by atoms with Crippen LogP contribution >= 0.6 is 0 Å². The number of fused-ring (bicyclic) bond motifs is 2. The number of nitrogens with zero attached hydrogens (tertiary/aromatic N) is 3. The number of pyridine rings is 2. The zero-order valence-electron chi connectivity index (χ0n) is 18.7. The molecule has 1 aromatic carbocycles. The number of amides is 2. The van der Waals surface area contributed by atoms with Crippen molar-refractivity contribution in [2.45, 2.75) is 19.1 Å². The molecule has 34 heavy (non-hydrogen) atoms. The second-order valence-corrected chi connectivity index (χ2v) is 8.12. The Bertz CT molecular complexity index is 1230. The first-order chi connectivity index (χ1) is 16.6. The van der Waals surface area contributed by atoms with E-state index in [0.29, 0.717) is 37.7 Å². The minimum atomic E-state index is -0.352. The van der Waals surface area contributed by atoms with Crippen LogP contribution in [-0.4, -0.2) is 60.2 Å². The highest BCUT2D eigenvalue weighted by Gasteiger charge is 2.33. The van der Waals surface area contributed by atoms with Crippen molar-refractivity contribution < 1.29 is 23.8 Å². The molecule has 0 bridgehead atoms. The first kappa shape index (κ1) is 21.9. The van der Waals surface area contributed by atoms with Crippen molar-refractivity contribution in [3.05, 3.63) is 53.9 Å². The highest BCUT2D eigenvalue weighted by atomic mass is 16.6. The van der Waals surface area contributed by atoms with Gasteiger partial charge in [0.2, 0.25) is 0 Å². The van der Waals surface area contributed by atoms with Crippen molar-refractivity contribution in [3.8, 4) is 11.5 Å². The maximum Gasteiger partial charge on any atom is 0.410 e. The number of anilines is 1. The van der Waals surface area contributed by atoms with Gasteiger partial charge in [0.25, 0.3) is 5.91 Å². The van der Waals surface area contributed by atoms with Gasteiger partial charge in [-0.15, -0.1) is 0 Å². The van der Waals surface area contributed by atoms with Crippen molar-refractivity contribution in [2.75, 3.05) is 38.7 Å². The predicted octanol–water partition coefficient (Wildman–Crippen LogP) is 2.64. The van der Waals surface area contributed by atoms with Crippen molar-refractivity contribution >= 4 is 28.7 Å². The fourth-order valence-electron chi connectivity index (χ4n) is 4.12. The summed E-state index contributed by atoms with van der Waals surface area (Å²) in [5, 5.41) is 6.95. The third kappa shape index (κ3) is 4.58. The smallest absolute Gasteiger partial charge is 0.410 e. The quantitative estimate of drug-likeness (QED) is 0.490. The van der Waals surface area contributed by atoms with Gasteiger partial charge in [-0.25, -0.2) is 9.78 Å². The van der Waals surface area contributed by atoms with Crippen molar-refractivity contribution in [1.82, 2.24) is 20.2 Å². The predicted molar refractivity (Wildman–Crippen MR) is 124 cm³/mol. The number of cyclic esters (lactones) is 1. The minimum Gasteiger partial charge on any atom is -0.497 e. The fourth-order valence-corrected chi connectivity index (χ4v) is 4.12. The van der Waals surface area contributed by atoms with Gasteiger partial charge in [0.15, 0.2) is 18.2 Å². The molecule has 0 saturated carbocycles. The summed E-state index contributed by atoms with van der Waals surface area (Å²) >= 11 is 0. The van der Waals surface area contributed by atoms with Crippen LogP contribution in [0.15, 0.2) is 42.6 Å². The Hall–Kier alpha value is -3.92. The normalized spacial score (nSPS) is 17.2. The van der Waals surface area contributed by atoms with E-state index < -0.39 is 0 Å². The van der Waals surface area contributed by atoms with Gasteiger partial charge in [-0.2, -0.15) is 0 Å². The molecule has 10 heteroatoms. The fraction of sp³-hybridized carbons (Fsp3) is 0.333. The van der Waals surface area contributed by atoms with Crippen LogP contribution in [0.1, 0.15) is 23.8 Å². The maximum absolute atomic E-state index is 12.5. The molecular formula is C24H25N5O5. The molecule has 5 rings (SSSR count). The lowest BCUT2D eigenvalue weighted by molar-refractivity contribution is -0.118. The number of aromatic nitrogens is 2. The summed E-state index contributed by atoms with van der Waals surface area (Å²) < 4.78 is 16.3. The monoisotopic (exact) mass is 463 g/mol. The van der Waals surface area contributed by atoms with Gasteiger partial charge in [-0.05, 0) is 49.4 Å². The summed E-state index contributed by atoms with van der Waals surface area (Å²) in [5.41, 5.74) is 2.55. The molecule has 10 nitrogen and oxygen atoms in total. The molecule has 2 aromatic heterocycles. The van der Waals surface area contributed by atoms with E-state index in [9.17, 15) is 9.59 Å². The molecule has 2 aliphatic rings. The average Bonchev–Trinajstić information content (AvgIpc) is 3.22. The maximum atomic E-state index is 12.5. The molecular weight excluding hydrogens is 438 g/mol. The number of benzene rings is 1. The van der Waals surface area contributed by atoms with Crippen LogP contribution in [0.3, 0.4) is 0 Å². The van der Waals surface area contributed by atoms with Crippen LogP contribution in [0.2, 0.25) is 0 Å². The summed E-state index contributed by atoms with van der Waals surface area (Å²) in [5.74, 6) is 1.55. The summed E-state index contributed by atoms with van der Waals surface area (Å²) in [6.45, 7) is 2.32. The lowest BCUT2D eigenvalue weighted by atomic mass is 10.0. The van der Waals surface area contributed by atoms with E-state index in [1.165, 1.54) is 0 Å². The molecule has 1 fully saturated rings. The number of nitrogens with one attached hydrogen (secondary N) is 2. The summed E-state index contributed by atoms with van der Waals surface area (Å²) in [7, 11) is 1.62. The molecule has 1 unspecified atom stereocenters. The Morgan fingerprint density at radius 1 is 1.24 bits per heavy atom. The zero-order chi connectivity index (χ0) is 23.5. The number of rotatable bonds is 8. The standard InChI is InChI=1S/C24H25N5O5/c1-32-16-4-5-19-18(11-16)17(7-9-26-19)21-13-29(24(31)34-21)10-2-8-25-12-15-3-6-20-23(27-15)28-22(30)14-33-20/h3-7,9,11,21,25H,2,8,10,12-14H2,1H3,(H,27,28,30). The Morgan fingerprint density at radius 3 is 3.03 bits per heavy atom. The topological polar surface area (TPSA) is 115 Å². The molecule has 0 aliphatic carbocycles. The van der Waals surface area contributed by atoms with E-state index in [-0.39, 0.29) is 24.7 Å². The van der Waals surface area contributed by atoms with Crippen molar-refractivity contribution in [3.63, 3.8) is 0 Å². The molecule has 3 aromatic rings. The van der Waals surface area contributed by atoms with Gasteiger partial charge in [0.1, 0.15) is 11.9 Å². The Labute approximate surface area is 196 Å². The number of carbonyl (C=O) groups is 2. The highest BCUT2D eigenvalue weighted by Crippen LogP contribution is 2.32. The summed E-state index contributed by atoms with van der Waals surface area (Å²) in [6.07, 6.45) is 1.83. The van der Waals surface area contributed by atoms with Crippen LogP contribution in [0, 0.1) is 0 Å². The molecule has 1 saturated heterocycles. The third-order valence-electron chi connectivity index (χ3n) is 5.84. The van der Waals surface area contributed by atoms with E-state index in [0.717, 1.165) is 34.3 Å². The van der Waals surface area contributed by atoms with Crippen LogP contribution in [-0.2, 0) is 16.1 Å². The lowest BCUT2D eigenvalue weighted by Gasteiger charge is -2.17. The van der Waals surface area contributed by atoms with Gasteiger partial charge in [0, 0.05) is 30.2 Å². The minimum absolute atomic E-state index is 0.0116. The molecule has 2 N–H and O–H groups in total. The SMILES string of the molecule is COc1ccc2nccc(C3CN(CCCNCc4ccc5c(n4)NC(=O)CO5)C(=O)O3)c2c1. The number of methoxy groups -OCH3 is 1. The summed E-state index contributed by atoms with van der Waals surface area (Å²) in [6, 6.07) is 11.2. The number of carbonyl (C=O) groups excluding carboxylic acids is 2. The highest BCUT2D eigenvalue weighted by molar-refractivity contribution is 5.94. The van der Waals surface area contributed by atoms with Gasteiger partial charge in [0.05, 0.1) is 24.9 Å². The number of ether oxygens (including phenoxy) is 3. The molecule has 2 amide bonds. The van der Waals surface area contributed by atoms with Crippen LogP contribution in [0.4, 0.5) is 10.6 Å².